The van der Waals surface area contributed by atoms with Crippen molar-refractivity contribution in [3.63, 3.8) is 0 Å². The molecule has 0 aliphatic carbocycles. The van der Waals surface area contributed by atoms with Crippen molar-refractivity contribution in [2.24, 2.45) is 0 Å². The summed E-state index contributed by atoms with van der Waals surface area (Å²) >= 11 is 0.884. The van der Waals surface area contributed by atoms with E-state index in [1.54, 1.807) is 18.2 Å². The average Bonchev–Trinajstić information content (AvgIpc) is 3.19. The van der Waals surface area contributed by atoms with Crippen LogP contribution in [0.25, 0.3) is 17.4 Å². The number of carbonyl (C=O) groups is 2. The number of hydrogen-bond acceptors (Lipinski definition) is 6. The molecule has 0 unspecified atom stereocenters. The maximum absolute atomic E-state index is 12.5. The van der Waals surface area contributed by atoms with E-state index in [0.29, 0.717) is 28.4 Å². The summed E-state index contributed by atoms with van der Waals surface area (Å²) in [6.07, 6.45) is 2.21. The van der Waals surface area contributed by atoms with Crippen LogP contribution in [0.5, 0.6) is 0 Å². The van der Waals surface area contributed by atoms with Gasteiger partial charge in [0, 0.05) is 29.8 Å². The molecule has 7 nitrogen and oxygen atoms in total. The van der Waals surface area contributed by atoms with Gasteiger partial charge in [-0.15, -0.1) is 0 Å². The van der Waals surface area contributed by atoms with Gasteiger partial charge in [-0.1, -0.05) is 13.0 Å². The molecular formula is C19H18N2O5S. The molecule has 1 fully saturated rings. The lowest BCUT2D eigenvalue weighted by molar-refractivity contribution is -0.384. The summed E-state index contributed by atoms with van der Waals surface area (Å²) in [6.45, 7) is 5.58. The van der Waals surface area contributed by atoms with E-state index in [0.717, 1.165) is 17.3 Å². The van der Waals surface area contributed by atoms with Gasteiger partial charge in [-0.25, -0.2) is 0 Å². The van der Waals surface area contributed by atoms with E-state index in [-0.39, 0.29) is 22.9 Å². The number of amides is 2. The van der Waals surface area contributed by atoms with E-state index >= 15 is 0 Å². The lowest BCUT2D eigenvalue weighted by atomic mass is 10.1. The van der Waals surface area contributed by atoms with Gasteiger partial charge in [-0.05, 0) is 49.7 Å². The Bertz CT molecular complexity index is 963. The molecule has 3 rings (SSSR count). The van der Waals surface area contributed by atoms with E-state index in [4.69, 9.17) is 4.42 Å². The number of furan rings is 1. The lowest BCUT2D eigenvalue weighted by Gasteiger charge is -2.19. The predicted octanol–water partition coefficient (Wildman–Crippen LogP) is 5.00. The highest BCUT2D eigenvalue weighted by Gasteiger charge is 2.37. The largest absolute Gasteiger partial charge is 0.457 e. The molecule has 1 aliphatic rings. The third-order valence-electron chi connectivity index (χ3n) is 4.45. The smallest absolute Gasteiger partial charge is 0.293 e. The first kappa shape index (κ1) is 18.9. The first-order valence-corrected chi connectivity index (χ1v) is 9.25. The molecule has 1 aliphatic heterocycles. The Morgan fingerprint density at radius 1 is 1.30 bits per heavy atom. The molecule has 1 saturated heterocycles. The van der Waals surface area contributed by atoms with Gasteiger partial charge in [0.2, 0.25) is 0 Å². The topological polar surface area (TPSA) is 93.7 Å². The Labute approximate surface area is 160 Å². The van der Waals surface area contributed by atoms with E-state index in [1.807, 2.05) is 20.8 Å². The van der Waals surface area contributed by atoms with Crippen molar-refractivity contribution in [1.29, 1.82) is 0 Å². The number of benzene rings is 1. The second-order valence-corrected chi connectivity index (χ2v) is 7.26. The summed E-state index contributed by atoms with van der Waals surface area (Å²) < 4.78 is 5.76. The van der Waals surface area contributed by atoms with Crippen LogP contribution in [-0.4, -0.2) is 27.0 Å². The maximum Gasteiger partial charge on any atom is 0.293 e. The molecule has 1 atom stereocenters. The van der Waals surface area contributed by atoms with Crippen LogP contribution in [0, 0.1) is 17.0 Å². The number of rotatable bonds is 5. The van der Waals surface area contributed by atoms with Gasteiger partial charge in [0.05, 0.1) is 9.83 Å². The maximum atomic E-state index is 12.5. The van der Waals surface area contributed by atoms with Crippen LogP contribution >= 0.6 is 11.8 Å². The minimum Gasteiger partial charge on any atom is -0.457 e. The normalized spacial score (nSPS) is 17.0. The fourth-order valence-electron chi connectivity index (χ4n) is 2.74. The molecule has 1 aromatic carbocycles. The van der Waals surface area contributed by atoms with Crippen molar-refractivity contribution >= 4 is 34.7 Å². The van der Waals surface area contributed by atoms with Gasteiger partial charge in [0.1, 0.15) is 11.5 Å². The summed E-state index contributed by atoms with van der Waals surface area (Å²) in [7, 11) is 0. The Kier molecular flexibility index (Phi) is 5.18. The first-order valence-electron chi connectivity index (χ1n) is 8.44. The predicted molar refractivity (Wildman–Crippen MR) is 103 cm³/mol. The fourth-order valence-corrected chi connectivity index (χ4v) is 3.65. The Balaban J connectivity index is 1.90. The lowest BCUT2D eigenvalue weighted by Crippen LogP contribution is -2.36. The molecule has 0 bridgehead atoms. The zero-order valence-electron chi connectivity index (χ0n) is 15.1. The fraction of sp³-hybridized carbons (Fsp3) is 0.263. The van der Waals surface area contributed by atoms with Crippen molar-refractivity contribution in [3.8, 4) is 11.3 Å². The molecule has 27 heavy (non-hydrogen) atoms. The minimum absolute atomic E-state index is 0.0248. The van der Waals surface area contributed by atoms with Crippen LogP contribution in [0.15, 0.2) is 39.7 Å². The zero-order valence-corrected chi connectivity index (χ0v) is 15.9. The van der Waals surface area contributed by atoms with Crippen LogP contribution in [-0.2, 0) is 4.79 Å². The number of nitrogens with zero attached hydrogens (tertiary/aromatic N) is 2. The number of aryl methyl sites for hydroxylation is 1. The molecule has 0 saturated carbocycles. The third kappa shape index (κ3) is 3.66. The van der Waals surface area contributed by atoms with Gasteiger partial charge in [-0.2, -0.15) is 0 Å². The molecule has 140 valence electrons. The summed E-state index contributed by atoms with van der Waals surface area (Å²) in [5.41, 5.74) is 1.42. The van der Waals surface area contributed by atoms with Crippen molar-refractivity contribution in [2.45, 2.75) is 33.2 Å². The van der Waals surface area contributed by atoms with E-state index in [2.05, 4.69) is 0 Å². The van der Waals surface area contributed by atoms with Crippen LogP contribution in [0.1, 0.15) is 31.6 Å². The number of nitro benzene ring substituents is 1. The first-order chi connectivity index (χ1) is 12.8. The van der Waals surface area contributed by atoms with Gasteiger partial charge in [0.25, 0.3) is 16.8 Å². The minimum atomic E-state index is -0.461. The average molecular weight is 386 g/mol. The highest BCUT2D eigenvalue weighted by molar-refractivity contribution is 8.18. The highest BCUT2D eigenvalue weighted by atomic mass is 32.2. The van der Waals surface area contributed by atoms with Crippen LogP contribution in [0.4, 0.5) is 10.5 Å². The van der Waals surface area contributed by atoms with E-state index in [1.165, 1.54) is 23.1 Å². The van der Waals surface area contributed by atoms with E-state index < -0.39 is 4.92 Å². The van der Waals surface area contributed by atoms with Crippen LogP contribution in [0.3, 0.4) is 0 Å². The van der Waals surface area contributed by atoms with Gasteiger partial charge >= 0.3 is 0 Å². The molecule has 8 heteroatoms. The van der Waals surface area contributed by atoms with Crippen LogP contribution < -0.4 is 0 Å². The summed E-state index contributed by atoms with van der Waals surface area (Å²) in [5, 5.41) is 10.7. The van der Waals surface area contributed by atoms with Crippen molar-refractivity contribution < 1.29 is 18.9 Å². The van der Waals surface area contributed by atoms with Gasteiger partial charge in [0.15, 0.2) is 0 Å². The number of non-ortho nitro benzene ring substituents is 1. The molecule has 1 aromatic heterocycles. The zero-order chi connectivity index (χ0) is 19.7. The second-order valence-electron chi connectivity index (χ2n) is 6.27. The third-order valence-corrected chi connectivity index (χ3v) is 5.34. The molecule has 2 aromatic rings. The monoisotopic (exact) mass is 386 g/mol. The second kappa shape index (κ2) is 7.40. The molecule has 0 N–H and O–H groups in total. The SMILES string of the molecule is CC[C@H](C)N1C(=O)S/C(=C/c2ccc(-c3cc([N+](=O)[O-])ccc3C)o2)C1=O. The summed E-state index contributed by atoms with van der Waals surface area (Å²) in [6, 6.07) is 7.75. The van der Waals surface area contributed by atoms with Crippen LogP contribution in [0.2, 0.25) is 0 Å². The Morgan fingerprint density at radius 3 is 2.70 bits per heavy atom. The Morgan fingerprint density at radius 2 is 2.04 bits per heavy atom. The number of nitro groups is 1. The van der Waals surface area contributed by atoms with Crippen molar-refractivity contribution in [1.82, 2.24) is 4.90 Å². The van der Waals surface area contributed by atoms with Crippen molar-refractivity contribution in [2.75, 3.05) is 0 Å². The molecule has 0 spiro atoms. The van der Waals surface area contributed by atoms with Crippen molar-refractivity contribution in [3.05, 3.63) is 56.7 Å². The highest BCUT2D eigenvalue weighted by Crippen LogP contribution is 2.35. The molecule has 0 radical (unpaired) electrons. The van der Waals surface area contributed by atoms with Gasteiger partial charge < -0.3 is 4.42 Å². The number of imide groups is 1. The number of thioether (sulfide) groups is 1. The standard InChI is InChI=1S/C19H18N2O5S/c1-4-12(3)20-18(22)17(27-19(20)23)10-14-7-8-16(26-14)15-9-13(21(24)25)6-5-11(15)2/h5-10,12H,4H2,1-3H3/b17-10+/t12-/m0/s1. The van der Waals surface area contributed by atoms with Gasteiger partial charge in [-0.3, -0.25) is 24.6 Å². The number of carbonyl (C=O) groups excluding carboxylic acids is 2. The summed E-state index contributed by atoms with van der Waals surface area (Å²) in [5.74, 6) is 0.540. The quantitative estimate of drug-likeness (QED) is 0.408. The molecular weight excluding hydrogens is 368 g/mol. The Hall–Kier alpha value is -2.87. The van der Waals surface area contributed by atoms with E-state index in [9.17, 15) is 19.7 Å². The summed E-state index contributed by atoms with van der Waals surface area (Å²) in [4.78, 5) is 36.7. The molecule has 2 heterocycles. The number of hydrogen-bond donors (Lipinski definition) is 0. The molecule has 2 amide bonds.